The topological polar surface area (TPSA) is 140 Å². The number of ether oxygens (including phenoxy) is 1. The molecule has 1 unspecified atom stereocenters. The largest absolute Gasteiger partial charge is 0.508 e. The fourth-order valence-electron chi connectivity index (χ4n) is 7.24. The number of rotatable bonds is 5. The number of hydrogen-bond acceptors (Lipinski definition) is 7. The molecule has 9 nitrogen and oxygen atoms in total. The number of aliphatic hydroxyl groups excluding tert-OH is 1. The Bertz CT molecular complexity index is 1200. The van der Waals surface area contributed by atoms with Crippen LogP contribution in [0.5, 0.6) is 11.5 Å². The molecule has 2 aliphatic heterocycles. The summed E-state index contributed by atoms with van der Waals surface area (Å²) in [4.78, 5) is 27.7. The molecule has 2 fully saturated rings. The van der Waals surface area contributed by atoms with Crippen LogP contribution in [0.15, 0.2) is 23.5 Å². The second-order valence-electron chi connectivity index (χ2n) is 12.4. The van der Waals surface area contributed by atoms with E-state index in [0.717, 1.165) is 24.2 Å². The average molecular weight is 499 g/mol. The van der Waals surface area contributed by atoms with E-state index in [-0.39, 0.29) is 35.3 Å². The van der Waals surface area contributed by atoms with E-state index in [1.165, 1.54) is 12.8 Å². The first kappa shape index (κ1) is 23.6. The maximum atomic E-state index is 13.5. The highest BCUT2D eigenvalue weighted by molar-refractivity contribution is 5.97. The van der Waals surface area contributed by atoms with Crippen LogP contribution in [0.25, 0.3) is 0 Å². The summed E-state index contributed by atoms with van der Waals surface area (Å²) in [6, 6.07) is 1.97. The molecule has 1 spiro atoms. The maximum Gasteiger partial charge on any atom is 0.326 e. The Balaban J connectivity index is 1.47. The number of nitrogens with zero attached hydrogens (tertiary/aromatic N) is 1. The lowest BCUT2D eigenvalue weighted by Gasteiger charge is -2.62. The Morgan fingerprint density at radius 1 is 1.25 bits per heavy atom. The molecule has 5 atom stereocenters. The van der Waals surface area contributed by atoms with E-state index in [4.69, 9.17) is 4.74 Å². The smallest absolute Gasteiger partial charge is 0.326 e. The van der Waals surface area contributed by atoms with Crippen molar-refractivity contribution in [3.63, 3.8) is 0 Å². The van der Waals surface area contributed by atoms with E-state index < -0.39 is 40.5 Å². The first-order chi connectivity index (χ1) is 16.9. The molecule has 3 aliphatic carbocycles. The Kier molecular flexibility index (Phi) is 4.84. The zero-order chi connectivity index (χ0) is 25.8. The van der Waals surface area contributed by atoms with Gasteiger partial charge in [-0.15, -0.1) is 0 Å². The molecule has 1 saturated carbocycles. The summed E-state index contributed by atoms with van der Waals surface area (Å²) in [6.07, 6.45) is 2.23. The number of carboxylic acids is 1. The number of nitrogens with one attached hydrogen (secondary N) is 1. The van der Waals surface area contributed by atoms with Gasteiger partial charge in [-0.1, -0.05) is 26.8 Å². The molecule has 194 valence electrons. The summed E-state index contributed by atoms with van der Waals surface area (Å²) in [5.41, 5.74) is -1.53. The molecule has 2 heterocycles. The van der Waals surface area contributed by atoms with Gasteiger partial charge in [0.1, 0.15) is 11.8 Å². The Labute approximate surface area is 209 Å². The van der Waals surface area contributed by atoms with Gasteiger partial charge in [0.15, 0.2) is 17.6 Å². The van der Waals surface area contributed by atoms with E-state index in [0.29, 0.717) is 18.8 Å². The van der Waals surface area contributed by atoms with Crippen molar-refractivity contribution < 1.29 is 34.8 Å². The van der Waals surface area contributed by atoms with Crippen molar-refractivity contribution in [3.05, 3.63) is 34.6 Å². The van der Waals surface area contributed by atoms with Crippen LogP contribution in [0, 0.1) is 11.3 Å². The molecule has 5 N–H and O–H groups in total. The summed E-state index contributed by atoms with van der Waals surface area (Å²) < 4.78 is 6.18. The van der Waals surface area contributed by atoms with Gasteiger partial charge in [-0.05, 0) is 55.2 Å². The van der Waals surface area contributed by atoms with Gasteiger partial charge in [0.05, 0.1) is 16.6 Å². The number of hydrogen-bond donors (Lipinski definition) is 5. The summed E-state index contributed by atoms with van der Waals surface area (Å²) in [5.74, 6) is -1.39. The van der Waals surface area contributed by atoms with Crippen LogP contribution in [0.3, 0.4) is 0 Å². The minimum atomic E-state index is -1.43. The van der Waals surface area contributed by atoms with E-state index in [9.17, 15) is 30.0 Å². The molecule has 1 aromatic rings. The molecule has 9 heteroatoms. The van der Waals surface area contributed by atoms with Gasteiger partial charge in [-0.2, -0.15) is 0 Å². The first-order valence-electron chi connectivity index (χ1n) is 12.8. The number of likely N-dealkylation sites (tertiary alicyclic amines) is 1. The van der Waals surface area contributed by atoms with Crippen molar-refractivity contribution >= 4 is 11.9 Å². The van der Waals surface area contributed by atoms with Crippen molar-refractivity contribution in [2.45, 2.75) is 82.1 Å². The van der Waals surface area contributed by atoms with Crippen LogP contribution in [0.1, 0.15) is 57.6 Å². The molecule has 1 saturated heterocycles. The highest BCUT2D eigenvalue weighted by Crippen LogP contribution is 2.66. The third-order valence-electron chi connectivity index (χ3n) is 9.18. The number of aliphatic hydroxyl groups is 2. The van der Waals surface area contributed by atoms with Crippen LogP contribution in [-0.4, -0.2) is 74.1 Å². The number of phenols is 1. The quantitative estimate of drug-likeness (QED) is 0.415. The predicted molar refractivity (Wildman–Crippen MR) is 129 cm³/mol. The van der Waals surface area contributed by atoms with E-state index in [2.05, 4.69) is 10.2 Å². The third kappa shape index (κ3) is 3.02. The van der Waals surface area contributed by atoms with Crippen LogP contribution < -0.4 is 10.1 Å². The van der Waals surface area contributed by atoms with Gasteiger partial charge >= 0.3 is 5.97 Å². The lowest BCUT2D eigenvalue weighted by Crippen LogP contribution is -2.76. The Hall–Kier alpha value is -2.78. The lowest BCUT2D eigenvalue weighted by molar-refractivity contribution is -0.172. The average Bonchev–Trinajstić information content (AvgIpc) is 3.53. The van der Waals surface area contributed by atoms with Gasteiger partial charge in [0, 0.05) is 24.6 Å². The highest BCUT2D eigenvalue weighted by atomic mass is 16.5. The lowest BCUT2D eigenvalue weighted by atomic mass is 9.49. The van der Waals surface area contributed by atoms with Crippen molar-refractivity contribution in [2.24, 2.45) is 11.3 Å². The van der Waals surface area contributed by atoms with Crippen molar-refractivity contribution in [3.8, 4) is 11.5 Å². The van der Waals surface area contributed by atoms with Crippen molar-refractivity contribution in [1.82, 2.24) is 10.2 Å². The molecular weight excluding hydrogens is 464 g/mol. The van der Waals surface area contributed by atoms with E-state index in [1.807, 2.05) is 6.07 Å². The number of benzene rings is 1. The number of carbonyl (C=O) groups is 2. The summed E-state index contributed by atoms with van der Waals surface area (Å²) in [5, 5.41) is 47.0. The number of carbonyl (C=O) groups excluding carboxylic acids is 1. The minimum Gasteiger partial charge on any atom is -0.508 e. The molecule has 2 bridgehead atoms. The molecule has 1 amide bonds. The molecule has 1 aromatic carbocycles. The van der Waals surface area contributed by atoms with Gasteiger partial charge in [-0.25, -0.2) is 4.79 Å². The third-order valence-corrected chi connectivity index (χ3v) is 9.18. The van der Waals surface area contributed by atoms with Gasteiger partial charge in [0.2, 0.25) is 0 Å². The molecular formula is C27H34N2O7. The second kappa shape index (κ2) is 7.38. The molecule has 0 aromatic heterocycles. The van der Waals surface area contributed by atoms with Crippen molar-refractivity contribution in [2.75, 3.05) is 13.1 Å². The predicted octanol–water partition coefficient (Wildman–Crippen LogP) is 1.99. The number of aliphatic carboxylic acids is 1. The first-order valence-corrected chi connectivity index (χ1v) is 12.8. The zero-order valence-electron chi connectivity index (χ0n) is 20.9. The van der Waals surface area contributed by atoms with Crippen LogP contribution in [0.4, 0.5) is 0 Å². The molecule has 6 rings (SSSR count). The Morgan fingerprint density at radius 2 is 1.97 bits per heavy atom. The highest BCUT2D eigenvalue weighted by Gasteiger charge is 2.73. The minimum absolute atomic E-state index is 0.0531. The number of piperidine rings is 1. The van der Waals surface area contributed by atoms with Crippen LogP contribution in [-0.2, 0) is 21.4 Å². The molecule has 36 heavy (non-hydrogen) atoms. The van der Waals surface area contributed by atoms with Gasteiger partial charge in [-0.3, -0.25) is 9.69 Å². The van der Waals surface area contributed by atoms with Crippen LogP contribution >= 0.6 is 0 Å². The summed E-state index contributed by atoms with van der Waals surface area (Å²) >= 11 is 0. The van der Waals surface area contributed by atoms with Crippen LogP contribution in [0.2, 0.25) is 0 Å². The number of phenolic OH excluding ortho intramolecular Hbond substituents is 1. The standard InChI is InChI=1S/C27H34N2O7/c1-25(2,3)21(24(33)34)28-23(32)15-11-27(35)17-10-14-6-7-16(30)20-18(14)26(27,22(36-20)19(15)31)8-9-29(17)12-13-4-5-13/h6-7,13,17,21-22,30-31,35H,4-5,8-12H2,1-3H3,(H,28,32)(H,33,34)/t17-,21?,22+,26+,27-/m1/s1. The number of carboxylic acid groups (broad SMARTS) is 1. The van der Waals surface area contributed by atoms with E-state index in [1.54, 1.807) is 26.8 Å². The molecule has 0 radical (unpaired) electrons. The molecule has 5 aliphatic rings. The fourth-order valence-corrected chi connectivity index (χ4v) is 7.24. The summed E-state index contributed by atoms with van der Waals surface area (Å²) in [6.45, 7) is 6.74. The summed E-state index contributed by atoms with van der Waals surface area (Å²) in [7, 11) is 0. The van der Waals surface area contributed by atoms with Gasteiger partial charge in [0.25, 0.3) is 5.91 Å². The van der Waals surface area contributed by atoms with Crippen molar-refractivity contribution in [1.29, 1.82) is 0 Å². The SMILES string of the molecule is CC(C)(C)C(NC(=O)C1=C(O)[C@@H]2Oc3c(O)ccc4c3[C@@]23CCN(CC2CC2)[C@H](C4)[C@]3(O)C1)C(=O)O. The Morgan fingerprint density at radius 3 is 2.61 bits per heavy atom. The normalized spacial score (nSPS) is 33.6. The maximum absolute atomic E-state index is 13.5. The van der Waals surface area contributed by atoms with Gasteiger partial charge < -0.3 is 30.5 Å². The number of aromatic hydroxyl groups is 1. The van der Waals surface area contributed by atoms with E-state index >= 15 is 0 Å². The second-order valence-corrected chi connectivity index (χ2v) is 12.4. The monoisotopic (exact) mass is 498 g/mol. The number of amides is 1. The zero-order valence-corrected chi connectivity index (χ0v) is 20.9. The fraction of sp³-hybridized carbons (Fsp3) is 0.630.